The molecule has 0 unspecified atom stereocenters. The summed E-state index contributed by atoms with van der Waals surface area (Å²) < 4.78 is 18.1. The maximum Gasteiger partial charge on any atom is 0.167 e. The molecule has 0 saturated carbocycles. The minimum atomic E-state index is -1.05. The topological polar surface area (TPSA) is 68.2 Å². The van der Waals surface area contributed by atoms with Gasteiger partial charge in [-0.05, 0) is 37.3 Å². The molecule has 0 radical (unpaired) electrons. The largest absolute Gasteiger partial charge is 0.477 e. The zero-order valence-corrected chi connectivity index (χ0v) is 33.9. The van der Waals surface area contributed by atoms with Gasteiger partial charge in [-0.3, -0.25) is 0 Å². The molecule has 4 atom stereocenters. The smallest absolute Gasteiger partial charge is 0.167 e. The van der Waals surface area contributed by atoms with E-state index in [0.29, 0.717) is 16.5 Å². The summed E-state index contributed by atoms with van der Waals surface area (Å²) in [4.78, 5) is 0. The van der Waals surface area contributed by atoms with Crippen molar-refractivity contribution < 1.29 is 24.4 Å². The van der Waals surface area contributed by atoms with Gasteiger partial charge in [-0.25, -0.2) is 0 Å². The van der Waals surface area contributed by atoms with Crippen molar-refractivity contribution in [3.63, 3.8) is 0 Å². The third kappa shape index (κ3) is 27.0. The zero-order valence-electron chi connectivity index (χ0n) is 32.3. The number of unbranched alkanes of at least 4 members (excludes halogenated alkanes) is 28. The quantitative estimate of drug-likeness (QED) is 0.0492. The Kier molecular flexibility index (Phi) is 33.1. The SMILES string of the molecule is CCCCCCCCCCCCCCCCCC(=S)O[C@H]1[C@@H]([C@@H](O)CO)OC[C@H]1OC(=S)CCCCCCCCCCCCCCCCC. The van der Waals surface area contributed by atoms with Gasteiger partial charge in [0, 0.05) is 12.8 Å². The van der Waals surface area contributed by atoms with Crippen LogP contribution in [0.4, 0.5) is 0 Å². The van der Waals surface area contributed by atoms with Crippen LogP contribution in [0.2, 0.25) is 0 Å². The van der Waals surface area contributed by atoms with E-state index in [4.69, 9.17) is 38.6 Å². The summed E-state index contributed by atoms with van der Waals surface area (Å²) in [5.74, 6) is 0. The molecule has 0 bridgehead atoms. The van der Waals surface area contributed by atoms with Crippen LogP contribution >= 0.6 is 24.4 Å². The summed E-state index contributed by atoms with van der Waals surface area (Å²) in [6.07, 6.45) is 38.7. The molecule has 0 aromatic heterocycles. The summed E-state index contributed by atoms with van der Waals surface area (Å²) in [7, 11) is 0. The maximum atomic E-state index is 10.4. The van der Waals surface area contributed by atoms with E-state index in [1.54, 1.807) is 0 Å². The van der Waals surface area contributed by atoms with Crippen LogP contribution in [0.3, 0.4) is 0 Å². The van der Waals surface area contributed by atoms with Crippen LogP contribution in [0, 0.1) is 0 Å². The highest BCUT2D eigenvalue weighted by molar-refractivity contribution is 7.80. The van der Waals surface area contributed by atoms with E-state index < -0.39 is 31.0 Å². The average molecular weight is 729 g/mol. The van der Waals surface area contributed by atoms with Crippen LogP contribution in [0.25, 0.3) is 0 Å². The molecule has 290 valence electrons. The molecule has 5 nitrogen and oxygen atoms in total. The number of hydrogen-bond acceptors (Lipinski definition) is 7. The summed E-state index contributed by atoms with van der Waals surface area (Å²) in [5, 5.41) is 21.1. The molecule has 49 heavy (non-hydrogen) atoms. The fourth-order valence-corrected chi connectivity index (χ4v) is 7.53. The second kappa shape index (κ2) is 34.7. The standard InChI is InChI=1S/C42H80O5S2/c1-3-5-7-9-11-13-15-17-19-21-23-25-27-29-31-33-39(48)46-38-36-45-41(37(44)35-43)42(38)47-40(49)34-32-30-28-26-24-22-20-18-16-14-12-10-8-6-4-2/h37-38,41-44H,3-36H2,1-2H3/t37-,38+,41+,42+/m0/s1. The normalized spacial score (nSPS) is 18.2. The number of aliphatic hydroxyl groups excluding tert-OH is 2. The first-order valence-corrected chi connectivity index (χ1v) is 22.1. The second-order valence-corrected chi connectivity index (χ2v) is 15.8. The number of hydrogen-bond donors (Lipinski definition) is 2. The van der Waals surface area contributed by atoms with Gasteiger partial charge in [0.1, 0.15) is 12.2 Å². The van der Waals surface area contributed by atoms with Gasteiger partial charge < -0.3 is 24.4 Å². The lowest BCUT2D eigenvalue weighted by atomic mass is 10.0. The molecule has 7 heteroatoms. The lowest BCUT2D eigenvalue weighted by Crippen LogP contribution is -2.44. The van der Waals surface area contributed by atoms with Gasteiger partial charge in [0.25, 0.3) is 0 Å². The van der Waals surface area contributed by atoms with Gasteiger partial charge in [-0.1, -0.05) is 194 Å². The Morgan fingerprint density at radius 3 is 1.16 bits per heavy atom. The van der Waals surface area contributed by atoms with E-state index in [9.17, 15) is 10.2 Å². The van der Waals surface area contributed by atoms with Crippen LogP contribution < -0.4 is 0 Å². The Hall–Kier alpha value is -0.340. The fourth-order valence-electron chi connectivity index (χ4n) is 7.00. The first kappa shape index (κ1) is 46.7. The molecule has 2 N–H and O–H groups in total. The van der Waals surface area contributed by atoms with E-state index in [2.05, 4.69) is 13.8 Å². The molecular formula is C42H80O5S2. The van der Waals surface area contributed by atoms with Crippen LogP contribution in [0.15, 0.2) is 0 Å². The zero-order chi connectivity index (χ0) is 35.6. The molecule has 1 heterocycles. The molecule has 0 amide bonds. The van der Waals surface area contributed by atoms with Gasteiger partial charge in [0.15, 0.2) is 22.3 Å². The first-order chi connectivity index (χ1) is 24.0. The Balaban J connectivity index is 2.12. The van der Waals surface area contributed by atoms with Crippen LogP contribution in [0.1, 0.15) is 219 Å². The van der Waals surface area contributed by atoms with Gasteiger partial charge in [0.05, 0.1) is 13.2 Å². The lowest BCUT2D eigenvalue weighted by Gasteiger charge is -2.27. The molecule has 1 fully saturated rings. The molecule has 1 rings (SSSR count). The van der Waals surface area contributed by atoms with Crippen molar-refractivity contribution in [1.82, 2.24) is 0 Å². The minimum Gasteiger partial charge on any atom is -0.477 e. The van der Waals surface area contributed by atoms with Gasteiger partial charge in [-0.15, -0.1) is 0 Å². The van der Waals surface area contributed by atoms with Crippen molar-refractivity contribution in [2.24, 2.45) is 0 Å². The molecule has 0 spiro atoms. The number of aliphatic hydroxyl groups is 2. The lowest BCUT2D eigenvalue weighted by molar-refractivity contribution is -0.0639. The van der Waals surface area contributed by atoms with Crippen molar-refractivity contribution in [3.8, 4) is 0 Å². The first-order valence-electron chi connectivity index (χ1n) is 21.3. The minimum absolute atomic E-state index is 0.271. The number of thiocarbonyl (C=S) groups is 2. The Labute approximate surface area is 314 Å². The average Bonchev–Trinajstić information content (AvgIpc) is 3.48. The summed E-state index contributed by atoms with van der Waals surface area (Å²) in [6.45, 7) is 4.44. The highest BCUT2D eigenvalue weighted by Crippen LogP contribution is 2.26. The highest BCUT2D eigenvalue weighted by Gasteiger charge is 2.45. The molecule has 1 saturated heterocycles. The summed E-state index contributed by atoms with van der Waals surface area (Å²) in [6, 6.07) is 0. The maximum absolute atomic E-state index is 10.4. The molecule has 1 aliphatic heterocycles. The Morgan fingerprint density at radius 2 is 0.837 bits per heavy atom. The molecule has 0 aromatic carbocycles. The number of ether oxygens (including phenoxy) is 3. The van der Waals surface area contributed by atoms with Crippen molar-refractivity contribution >= 4 is 34.5 Å². The van der Waals surface area contributed by atoms with Crippen LogP contribution in [0.5, 0.6) is 0 Å². The third-order valence-corrected chi connectivity index (χ3v) is 10.8. The van der Waals surface area contributed by atoms with Gasteiger partial charge in [-0.2, -0.15) is 0 Å². The van der Waals surface area contributed by atoms with E-state index >= 15 is 0 Å². The summed E-state index contributed by atoms with van der Waals surface area (Å²) >= 11 is 11.2. The molecular weight excluding hydrogens is 649 g/mol. The van der Waals surface area contributed by atoms with Crippen LogP contribution in [-0.4, -0.2) is 57.9 Å². The van der Waals surface area contributed by atoms with Crippen molar-refractivity contribution in [2.75, 3.05) is 13.2 Å². The second-order valence-electron chi connectivity index (χ2n) is 14.9. The van der Waals surface area contributed by atoms with E-state index in [1.807, 2.05) is 0 Å². The van der Waals surface area contributed by atoms with Gasteiger partial charge in [0.2, 0.25) is 0 Å². The number of rotatable bonds is 36. The van der Waals surface area contributed by atoms with Crippen LogP contribution in [-0.2, 0) is 14.2 Å². The molecule has 1 aliphatic rings. The molecule has 0 aromatic rings. The fraction of sp³-hybridized carbons (Fsp3) is 0.952. The third-order valence-electron chi connectivity index (χ3n) is 10.2. The Morgan fingerprint density at radius 1 is 0.531 bits per heavy atom. The van der Waals surface area contributed by atoms with Gasteiger partial charge >= 0.3 is 0 Å². The van der Waals surface area contributed by atoms with E-state index in [1.165, 1.54) is 167 Å². The summed E-state index contributed by atoms with van der Waals surface area (Å²) in [5.41, 5.74) is 0. The Bertz CT molecular complexity index is 751. The van der Waals surface area contributed by atoms with E-state index in [-0.39, 0.29) is 6.61 Å². The van der Waals surface area contributed by atoms with Crippen molar-refractivity contribution in [1.29, 1.82) is 0 Å². The van der Waals surface area contributed by atoms with E-state index in [0.717, 1.165) is 32.1 Å². The predicted octanol–water partition coefficient (Wildman–Crippen LogP) is 12.7. The van der Waals surface area contributed by atoms with Crippen molar-refractivity contribution in [3.05, 3.63) is 0 Å². The van der Waals surface area contributed by atoms with Crippen molar-refractivity contribution in [2.45, 2.75) is 244 Å². The molecule has 0 aliphatic carbocycles. The predicted molar refractivity (Wildman–Crippen MR) is 217 cm³/mol. The monoisotopic (exact) mass is 729 g/mol. The highest BCUT2D eigenvalue weighted by atomic mass is 32.1.